The number of rotatable bonds is 5. The third-order valence-electron chi connectivity index (χ3n) is 5.70. The molecule has 5 rings (SSSR count). The van der Waals surface area contributed by atoms with Gasteiger partial charge >= 0.3 is 0 Å². The predicted octanol–water partition coefficient (Wildman–Crippen LogP) is 5.55. The van der Waals surface area contributed by atoms with Crippen LogP contribution >= 0.6 is 11.3 Å². The predicted molar refractivity (Wildman–Crippen MR) is 133 cm³/mol. The molecule has 7 heteroatoms. The van der Waals surface area contributed by atoms with Gasteiger partial charge in [0.25, 0.3) is 5.91 Å². The van der Waals surface area contributed by atoms with E-state index in [0.717, 1.165) is 21.5 Å². The summed E-state index contributed by atoms with van der Waals surface area (Å²) in [4.78, 5) is 19.0. The Morgan fingerprint density at radius 1 is 1.06 bits per heavy atom. The molecule has 1 aliphatic heterocycles. The average Bonchev–Trinajstić information content (AvgIpc) is 3.39. The summed E-state index contributed by atoms with van der Waals surface area (Å²) in [5.74, 6) is 0.157. The van der Waals surface area contributed by atoms with E-state index in [0.29, 0.717) is 16.1 Å². The van der Waals surface area contributed by atoms with E-state index in [-0.39, 0.29) is 30.1 Å². The molecule has 164 valence electrons. The minimum atomic E-state index is -0.162. The first kappa shape index (κ1) is 20.9. The van der Waals surface area contributed by atoms with Gasteiger partial charge in [0, 0.05) is 11.3 Å². The Balaban J connectivity index is 1.31. The maximum absolute atomic E-state index is 12.7. The zero-order valence-electron chi connectivity index (χ0n) is 17.9. The van der Waals surface area contributed by atoms with Crippen LogP contribution in [0.5, 0.6) is 0 Å². The Bertz CT molecular complexity index is 1340. The smallest absolute Gasteiger partial charge is 0.251 e. The quantitative estimate of drug-likeness (QED) is 0.369. The van der Waals surface area contributed by atoms with Crippen molar-refractivity contribution in [3.8, 4) is 0 Å². The molecule has 0 saturated heterocycles. The first-order valence-electron chi connectivity index (χ1n) is 10.6. The fraction of sp³-hybridized carbons (Fsp3) is 0.115. The molecule has 0 saturated carbocycles. The second kappa shape index (κ2) is 8.52. The molecule has 1 atom stereocenters. The maximum atomic E-state index is 12.7. The highest BCUT2D eigenvalue weighted by Crippen LogP contribution is 2.35. The first-order valence-corrected chi connectivity index (χ1v) is 11.4. The normalized spacial score (nSPS) is 14.7. The number of amides is 1. The van der Waals surface area contributed by atoms with Crippen molar-refractivity contribution in [2.24, 2.45) is 0 Å². The van der Waals surface area contributed by atoms with Gasteiger partial charge in [-0.1, -0.05) is 42.5 Å². The number of hydrogen-bond acceptors (Lipinski definition) is 5. The molecule has 3 N–H and O–H groups in total. The van der Waals surface area contributed by atoms with Crippen LogP contribution in [0, 0.1) is 5.41 Å². The molecule has 4 aromatic rings. The van der Waals surface area contributed by atoms with Crippen molar-refractivity contribution in [3.05, 3.63) is 101 Å². The molecule has 1 aliphatic rings. The summed E-state index contributed by atoms with van der Waals surface area (Å²) in [5.41, 5.74) is 3.61. The lowest BCUT2D eigenvalue weighted by Gasteiger charge is -2.19. The van der Waals surface area contributed by atoms with Crippen LogP contribution < -0.4 is 10.2 Å². The van der Waals surface area contributed by atoms with E-state index >= 15 is 0 Å². The second-order valence-corrected chi connectivity index (χ2v) is 8.93. The average molecular weight is 455 g/mol. The third-order valence-corrected chi connectivity index (χ3v) is 6.75. The number of aromatic nitrogens is 1. The summed E-state index contributed by atoms with van der Waals surface area (Å²) in [7, 11) is 0. The Morgan fingerprint density at radius 2 is 1.76 bits per heavy atom. The van der Waals surface area contributed by atoms with Gasteiger partial charge in [-0.25, -0.2) is 4.98 Å². The number of fused-ring (bicyclic) bond motifs is 1. The van der Waals surface area contributed by atoms with Gasteiger partial charge in [-0.3, -0.25) is 10.2 Å². The van der Waals surface area contributed by atoms with Crippen molar-refractivity contribution in [3.63, 3.8) is 0 Å². The molecule has 0 radical (unpaired) electrons. The van der Waals surface area contributed by atoms with Crippen LogP contribution in [-0.4, -0.2) is 28.4 Å². The Labute approximate surface area is 195 Å². The van der Waals surface area contributed by atoms with Crippen molar-refractivity contribution in [2.75, 3.05) is 11.4 Å². The van der Waals surface area contributed by atoms with E-state index in [9.17, 15) is 9.90 Å². The van der Waals surface area contributed by atoms with Gasteiger partial charge < -0.3 is 15.3 Å². The van der Waals surface area contributed by atoms with Gasteiger partial charge in [0.1, 0.15) is 16.6 Å². The van der Waals surface area contributed by atoms with Crippen LogP contribution in [0.4, 0.5) is 5.69 Å². The monoisotopic (exact) mass is 454 g/mol. The Hall–Kier alpha value is -3.97. The van der Waals surface area contributed by atoms with E-state index in [2.05, 4.69) is 10.3 Å². The lowest BCUT2D eigenvalue weighted by molar-refractivity contribution is 0.0940. The van der Waals surface area contributed by atoms with Crippen LogP contribution in [0.2, 0.25) is 0 Å². The number of benzene rings is 3. The summed E-state index contributed by atoms with van der Waals surface area (Å²) >= 11 is 1.46. The van der Waals surface area contributed by atoms with Crippen molar-refractivity contribution < 1.29 is 9.90 Å². The van der Waals surface area contributed by atoms with Gasteiger partial charge in [-0.15, -0.1) is 11.3 Å². The number of carbonyl (C=O) groups excluding carboxylic acids is 1. The number of anilines is 1. The van der Waals surface area contributed by atoms with E-state index in [4.69, 9.17) is 5.41 Å². The molecule has 0 fully saturated rings. The molecule has 0 bridgehead atoms. The molecular formula is C26H22N4O2S. The highest BCUT2D eigenvalue weighted by molar-refractivity contribution is 7.19. The minimum Gasteiger partial charge on any atom is -0.510 e. The first-order chi connectivity index (χ1) is 16.0. The number of hydrogen-bond donors (Lipinski definition) is 3. The molecule has 1 aromatic heterocycles. The summed E-state index contributed by atoms with van der Waals surface area (Å²) in [6.07, 6.45) is 0. The summed E-state index contributed by atoms with van der Waals surface area (Å²) in [5, 5.41) is 22.9. The van der Waals surface area contributed by atoms with Crippen molar-refractivity contribution >= 4 is 44.6 Å². The highest BCUT2D eigenvalue weighted by atomic mass is 32.1. The van der Waals surface area contributed by atoms with Gasteiger partial charge in [0.2, 0.25) is 0 Å². The van der Waals surface area contributed by atoms with Crippen LogP contribution in [-0.2, 0) is 0 Å². The Morgan fingerprint density at radius 3 is 2.48 bits per heavy atom. The fourth-order valence-electron chi connectivity index (χ4n) is 3.90. The highest BCUT2D eigenvalue weighted by Gasteiger charge is 2.31. The second-order valence-electron chi connectivity index (χ2n) is 7.90. The SMILES string of the molecule is C[C@H](NC(=O)c1ccc(N2CC(O)=C(c3nc4ccccc4s3)C2=N)cc1)c1ccccc1. The molecule has 2 heterocycles. The molecule has 1 amide bonds. The van der Waals surface area contributed by atoms with Crippen LogP contribution in [0.15, 0.2) is 84.6 Å². The van der Waals surface area contributed by atoms with Gasteiger partial charge in [0.15, 0.2) is 0 Å². The summed E-state index contributed by atoms with van der Waals surface area (Å²) in [6.45, 7) is 2.14. The molecule has 3 aromatic carbocycles. The number of aliphatic hydroxyl groups is 1. The van der Waals surface area contributed by atoms with Crippen molar-refractivity contribution in [1.82, 2.24) is 10.3 Å². The fourth-order valence-corrected chi connectivity index (χ4v) is 4.94. The molecular weight excluding hydrogens is 432 g/mol. The molecule has 0 spiro atoms. The number of para-hydroxylation sites is 1. The molecule has 0 aliphatic carbocycles. The molecule has 0 unspecified atom stereocenters. The van der Waals surface area contributed by atoms with E-state index in [1.54, 1.807) is 29.2 Å². The van der Waals surface area contributed by atoms with Gasteiger partial charge in [-0.2, -0.15) is 0 Å². The standard InChI is InChI=1S/C26H22N4O2S/c1-16(17-7-3-2-4-8-17)28-25(32)18-11-13-19(14-12-18)30-15-21(31)23(24(30)27)26-29-20-9-5-6-10-22(20)33-26/h2-14,16,27,31H,15H2,1H3,(H,28,32)/t16-/m0/s1. The van der Waals surface area contributed by atoms with E-state index < -0.39 is 0 Å². The van der Waals surface area contributed by atoms with Crippen LogP contribution in [0.1, 0.15) is 33.9 Å². The largest absolute Gasteiger partial charge is 0.510 e. The van der Waals surface area contributed by atoms with Gasteiger partial charge in [0.05, 0.1) is 28.4 Å². The number of nitrogens with zero attached hydrogens (tertiary/aromatic N) is 2. The number of carbonyl (C=O) groups is 1. The molecule has 33 heavy (non-hydrogen) atoms. The van der Waals surface area contributed by atoms with Crippen LogP contribution in [0.25, 0.3) is 15.8 Å². The van der Waals surface area contributed by atoms with E-state index in [1.165, 1.54) is 11.3 Å². The Kier molecular flexibility index (Phi) is 5.40. The summed E-state index contributed by atoms with van der Waals surface area (Å²) < 4.78 is 1.01. The summed E-state index contributed by atoms with van der Waals surface area (Å²) in [6, 6.07) is 24.5. The third kappa shape index (κ3) is 3.99. The van der Waals surface area contributed by atoms with Crippen molar-refractivity contribution in [1.29, 1.82) is 5.41 Å². The lowest BCUT2D eigenvalue weighted by atomic mass is 10.1. The number of aliphatic hydroxyl groups excluding tert-OH is 1. The minimum absolute atomic E-state index is 0.109. The zero-order valence-corrected chi connectivity index (χ0v) is 18.8. The molecule has 6 nitrogen and oxygen atoms in total. The number of nitrogens with one attached hydrogen (secondary N) is 2. The van der Waals surface area contributed by atoms with Crippen molar-refractivity contribution in [2.45, 2.75) is 13.0 Å². The van der Waals surface area contributed by atoms with Crippen LogP contribution in [0.3, 0.4) is 0 Å². The topological polar surface area (TPSA) is 89.3 Å². The number of amidine groups is 1. The maximum Gasteiger partial charge on any atom is 0.251 e. The van der Waals surface area contributed by atoms with Gasteiger partial charge in [-0.05, 0) is 48.9 Å². The number of thiazole rings is 1. The van der Waals surface area contributed by atoms with E-state index in [1.807, 2.05) is 61.5 Å². The zero-order chi connectivity index (χ0) is 22.9. The lowest BCUT2D eigenvalue weighted by Crippen LogP contribution is -2.27.